The van der Waals surface area contributed by atoms with E-state index in [1.54, 1.807) is 0 Å². The van der Waals surface area contributed by atoms with Crippen LogP contribution in [-0.2, 0) is 6.54 Å². The summed E-state index contributed by atoms with van der Waals surface area (Å²) in [7, 11) is 1.82. The monoisotopic (exact) mass is 275 g/mol. The highest BCUT2D eigenvalue weighted by atomic mass is 15.2. The molecule has 1 aromatic carbocycles. The summed E-state index contributed by atoms with van der Waals surface area (Å²) in [5.41, 5.74) is 1.27. The average Bonchev–Trinajstić information content (AvgIpc) is 2.49. The predicted molar refractivity (Wildman–Crippen MR) is 88.0 cm³/mol. The molecule has 2 N–H and O–H groups in total. The maximum Gasteiger partial charge on any atom is 0.191 e. The van der Waals surface area contributed by atoms with Crippen molar-refractivity contribution < 1.29 is 0 Å². The Balaban J connectivity index is 2.25. The maximum absolute atomic E-state index is 4.28. The molecule has 1 rings (SSSR count). The number of nitrogens with one attached hydrogen (secondary N) is 2. The second-order valence-electron chi connectivity index (χ2n) is 5.31. The molecule has 0 aliphatic rings. The third-order valence-electron chi connectivity index (χ3n) is 3.40. The minimum atomic E-state index is 0.467. The van der Waals surface area contributed by atoms with Gasteiger partial charge in [-0.3, -0.25) is 4.99 Å². The summed E-state index contributed by atoms with van der Waals surface area (Å²) in [6.45, 7) is 5.28. The molecule has 1 unspecified atom stereocenters. The van der Waals surface area contributed by atoms with Gasteiger partial charge in [-0.05, 0) is 18.9 Å². The summed E-state index contributed by atoms with van der Waals surface area (Å²) in [6, 6.07) is 10.9. The highest BCUT2D eigenvalue weighted by Gasteiger charge is 2.04. The first-order valence-electron chi connectivity index (χ1n) is 7.77. The van der Waals surface area contributed by atoms with Crippen LogP contribution in [0.1, 0.15) is 51.5 Å². The molecule has 1 atom stereocenters. The largest absolute Gasteiger partial charge is 0.354 e. The molecule has 0 aliphatic heterocycles. The van der Waals surface area contributed by atoms with E-state index in [2.05, 4.69) is 53.7 Å². The Bertz CT molecular complexity index is 373. The van der Waals surface area contributed by atoms with Crippen LogP contribution >= 0.6 is 0 Å². The quantitative estimate of drug-likeness (QED) is 0.431. The van der Waals surface area contributed by atoms with Gasteiger partial charge in [0.1, 0.15) is 0 Å². The summed E-state index contributed by atoms with van der Waals surface area (Å²) < 4.78 is 0. The van der Waals surface area contributed by atoms with Crippen molar-refractivity contribution in [2.75, 3.05) is 7.05 Å². The maximum atomic E-state index is 4.28. The van der Waals surface area contributed by atoms with Gasteiger partial charge in [0.15, 0.2) is 5.96 Å². The lowest BCUT2D eigenvalue weighted by molar-refractivity contribution is 0.537. The standard InChI is InChI=1S/C17H29N3/c1-4-5-6-8-11-15(2)20-17(18-3)19-14-16-12-9-7-10-13-16/h7,9-10,12-13,15H,4-6,8,11,14H2,1-3H3,(H2,18,19,20). The smallest absolute Gasteiger partial charge is 0.191 e. The molecule has 0 bridgehead atoms. The van der Waals surface area contributed by atoms with E-state index in [9.17, 15) is 0 Å². The molecule has 0 spiro atoms. The van der Waals surface area contributed by atoms with Crippen LogP contribution in [0.5, 0.6) is 0 Å². The molecule has 3 nitrogen and oxygen atoms in total. The number of rotatable bonds is 8. The predicted octanol–water partition coefficient (Wildman–Crippen LogP) is 3.71. The zero-order valence-corrected chi connectivity index (χ0v) is 13.2. The summed E-state index contributed by atoms with van der Waals surface area (Å²) in [5, 5.41) is 6.81. The van der Waals surface area contributed by atoms with Crippen LogP contribution in [-0.4, -0.2) is 19.0 Å². The van der Waals surface area contributed by atoms with Crippen molar-refractivity contribution in [3.63, 3.8) is 0 Å². The Labute approximate surface area is 123 Å². The number of hydrogen-bond donors (Lipinski definition) is 2. The average molecular weight is 275 g/mol. The van der Waals surface area contributed by atoms with E-state index in [1.807, 2.05) is 13.1 Å². The second kappa shape index (κ2) is 10.3. The van der Waals surface area contributed by atoms with Crippen LogP contribution in [0, 0.1) is 0 Å². The van der Waals surface area contributed by atoms with Gasteiger partial charge in [-0.2, -0.15) is 0 Å². The Kier molecular flexibility index (Phi) is 8.52. The van der Waals surface area contributed by atoms with Crippen LogP contribution in [0.2, 0.25) is 0 Å². The zero-order chi connectivity index (χ0) is 14.6. The number of unbranched alkanes of at least 4 members (excludes halogenated alkanes) is 3. The van der Waals surface area contributed by atoms with Crippen LogP contribution in [0.3, 0.4) is 0 Å². The fourth-order valence-electron chi connectivity index (χ4n) is 2.16. The SMILES string of the molecule is CCCCCCC(C)NC(=NC)NCc1ccccc1. The van der Waals surface area contributed by atoms with Crippen molar-refractivity contribution in [3.05, 3.63) is 35.9 Å². The van der Waals surface area contributed by atoms with Crippen LogP contribution in [0.25, 0.3) is 0 Å². The number of nitrogens with zero attached hydrogens (tertiary/aromatic N) is 1. The summed E-state index contributed by atoms with van der Waals surface area (Å²) >= 11 is 0. The van der Waals surface area contributed by atoms with E-state index in [0.29, 0.717) is 6.04 Å². The minimum absolute atomic E-state index is 0.467. The Morgan fingerprint density at radius 3 is 2.55 bits per heavy atom. The number of guanidine groups is 1. The molecule has 0 saturated carbocycles. The van der Waals surface area contributed by atoms with Crippen LogP contribution in [0.4, 0.5) is 0 Å². The molecule has 0 radical (unpaired) electrons. The fourth-order valence-corrected chi connectivity index (χ4v) is 2.16. The van der Waals surface area contributed by atoms with Crippen molar-refractivity contribution in [3.8, 4) is 0 Å². The molecule has 0 heterocycles. The molecule has 0 aliphatic carbocycles. The third kappa shape index (κ3) is 7.17. The Hall–Kier alpha value is -1.51. The molecule has 1 aromatic rings. The van der Waals surface area contributed by atoms with Gasteiger partial charge in [-0.25, -0.2) is 0 Å². The van der Waals surface area contributed by atoms with Crippen molar-refractivity contribution in [2.24, 2.45) is 4.99 Å². The van der Waals surface area contributed by atoms with Gasteiger partial charge in [0.25, 0.3) is 0 Å². The van der Waals surface area contributed by atoms with Gasteiger partial charge >= 0.3 is 0 Å². The number of aliphatic imine (C=N–C) groups is 1. The van der Waals surface area contributed by atoms with E-state index in [4.69, 9.17) is 0 Å². The molecule has 20 heavy (non-hydrogen) atoms. The van der Waals surface area contributed by atoms with E-state index >= 15 is 0 Å². The summed E-state index contributed by atoms with van der Waals surface area (Å²) in [6.07, 6.45) is 6.46. The van der Waals surface area contributed by atoms with E-state index in [-0.39, 0.29) is 0 Å². The highest BCUT2D eigenvalue weighted by molar-refractivity contribution is 5.79. The van der Waals surface area contributed by atoms with Gasteiger partial charge in [0, 0.05) is 19.6 Å². The van der Waals surface area contributed by atoms with E-state index in [1.165, 1.54) is 37.7 Å². The number of hydrogen-bond acceptors (Lipinski definition) is 1. The Morgan fingerprint density at radius 2 is 1.90 bits per heavy atom. The first kappa shape index (κ1) is 16.5. The second-order valence-corrected chi connectivity index (χ2v) is 5.31. The van der Waals surface area contributed by atoms with Gasteiger partial charge in [0.05, 0.1) is 0 Å². The Morgan fingerprint density at radius 1 is 1.15 bits per heavy atom. The lowest BCUT2D eigenvalue weighted by Crippen LogP contribution is -2.41. The highest BCUT2D eigenvalue weighted by Crippen LogP contribution is 2.05. The third-order valence-corrected chi connectivity index (χ3v) is 3.40. The first-order chi connectivity index (χ1) is 9.76. The van der Waals surface area contributed by atoms with Crippen LogP contribution in [0.15, 0.2) is 35.3 Å². The summed E-state index contributed by atoms with van der Waals surface area (Å²) in [5.74, 6) is 0.886. The molecule has 0 aromatic heterocycles. The van der Waals surface area contributed by atoms with Gasteiger partial charge < -0.3 is 10.6 Å². The normalized spacial score (nSPS) is 13.1. The van der Waals surface area contributed by atoms with Crippen molar-refractivity contribution in [1.29, 1.82) is 0 Å². The van der Waals surface area contributed by atoms with Crippen molar-refractivity contribution in [1.82, 2.24) is 10.6 Å². The van der Waals surface area contributed by atoms with Crippen LogP contribution < -0.4 is 10.6 Å². The molecule has 3 heteroatoms. The van der Waals surface area contributed by atoms with Crippen molar-refractivity contribution >= 4 is 5.96 Å². The lowest BCUT2D eigenvalue weighted by atomic mass is 10.1. The molecule has 0 amide bonds. The molecule has 112 valence electrons. The number of benzene rings is 1. The van der Waals surface area contributed by atoms with Gasteiger partial charge in [-0.15, -0.1) is 0 Å². The van der Waals surface area contributed by atoms with Gasteiger partial charge in [-0.1, -0.05) is 62.9 Å². The van der Waals surface area contributed by atoms with Crippen molar-refractivity contribution in [2.45, 2.75) is 58.5 Å². The molecule has 0 fully saturated rings. The summed E-state index contributed by atoms with van der Waals surface area (Å²) in [4.78, 5) is 4.28. The fraction of sp³-hybridized carbons (Fsp3) is 0.588. The lowest BCUT2D eigenvalue weighted by Gasteiger charge is -2.18. The topological polar surface area (TPSA) is 36.4 Å². The van der Waals surface area contributed by atoms with E-state index in [0.717, 1.165) is 12.5 Å². The zero-order valence-electron chi connectivity index (χ0n) is 13.2. The first-order valence-corrected chi connectivity index (χ1v) is 7.77. The minimum Gasteiger partial charge on any atom is -0.354 e. The van der Waals surface area contributed by atoms with E-state index < -0.39 is 0 Å². The molecule has 0 saturated heterocycles. The molecular weight excluding hydrogens is 246 g/mol. The molecular formula is C17H29N3. The van der Waals surface area contributed by atoms with Gasteiger partial charge in [0.2, 0.25) is 0 Å².